The van der Waals surface area contributed by atoms with Gasteiger partial charge in [0, 0.05) is 95.7 Å². The van der Waals surface area contributed by atoms with E-state index >= 15 is 52.7 Å². The van der Waals surface area contributed by atoms with E-state index in [4.69, 9.17) is 92.8 Å². The quantitative estimate of drug-likeness (QED) is 0.173. The third-order valence-electron chi connectivity index (χ3n) is 11.2. The van der Waals surface area contributed by atoms with Crippen LogP contribution in [0.1, 0.15) is 45.0 Å². The van der Waals surface area contributed by atoms with Crippen molar-refractivity contribution in [2.45, 2.75) is 24.7 Å². The number of hydrogen-bond donors (Lipinski definition) is 2. The van der Waals surface area contributed by atoms with Gasteiger partial charge in [-0.15, -0.1) is 0 Å². The van der Waals surface area contributed by atoms with Gasteiger partial charge >= 0.3 is 24.7 Å². The second-order valence-electron chi connectivity index (χ2n) is 15.6. The van der Waals surface area contributed by atoms with Gasteiger partial charge in [-0.05, 0) is 72.8 Å². The molecule has 24 heteroatoms. The molecule has 4 aromatic carbocycles. The molecule has 0 unspecified atom stereocenters. The van der Waals surface area contributed by atoms with Crippen molar-refractivity contribution < 1.29 is 52.7 Å². The van der Waals surface area contributed by atoms with Gasteiger partial charge in [0.2, 0.25) is 0 Å². The zero-order valence-corrected chi connectivity index (χ0v) is 40.7. The van der Waals surface area contributed by atoms with E-state index in [0.29, 0.717) is 24.3 Å². The van der Waals surface area contributed by atoms with E-state index in [1.807, 2.05) is 0 Å². The first-order valence-electron chi connectivity index (χ1n) is 20.0. The molecule has 5 heterocycles. The Kier molecular flexibility index (Phi) is 13.3. The van der Waals surface area contributed by atoms with Gasteiger partial charge < -0.3 is 9.97 Å². The van der Waals surface area contributed by atoms with Gasteiger partial charge in [-0.2, -0.15) is 52.7 Å². The van der Waals surface area contributed by atoms with E-state index in [1.54, 1.807) is 0 Å². The average molecular weight is 1160 g/mol. The monoisotopic (exact) mass is 1160 g/mol. The van der Waals surface area contributed by atoms with Crippen molar-refractivity contribution in [2.75, 3.05) is 0 Å². The van der Waals surface area contributed by atoms with Crippen LogP contribution in [0.2, 0.25) is 40.2 Å². The summed E-state index contributed by atoms with van der Waals surface area (Å²) in [5.41, 5.74) is -22.1. The van der Waals surface area contributed by atoms with Crippen LogP contribution >= 0.6 is 92.8 Å². The Morgan fingerprint density at radius 3 is 0.806 bits per heavy atom. The second-order valence-corrected chi connectivity index (χ2v) is 18.9. The molecule has 0 radical (unpaired) electrons. The molecule has 0 atom stereocenters. The Bertz CT molecular complexity index is 3380. The van der Waals surface area contributed by atoms with Crippen LogP contribution in [0.15, 0.2) is 97.1 Å². The van der Waals surface area contributed by atoms with Crippen LogP contribution in [0.3, 0.4) is 0 Å². The minimum absolute atomic E-state index is 0.478. The molecular weight excluding hydrogens is 1140 g/mol. The van der Waals surface area contributed by atoms with Crippen molar-refractivity contribution >= 4 is 137 Å². The van der Waals surface area contributed by atoms with Crippen LogP contribution in [0.5, 0.6) is 0 Å². The first-order valence-corrected chi connectivity index (χ1v) is 23.0. The maximum Gasteiger partial charge on any atom is 0.419 e. The molecular formula is C48H18Cl8F12N4. The number of halogens is 20. The molecule has 0 spiro atoms. The van der Waals surface area contributed by atoms with E-state index in [0.717, 1.165) is 48.5 Å². The fraction of sp³-hybridized carbons (Fsp3) is 0.0833. The number of fused-ring (bicyclic) bond motifs is 8. The predicted molar refractivity (Wildman–Crippen MR) is 259 cm³/mol. The number of nitrogens with one attached hydrogen (secondary N) is 2. The molecule has 2 aliphatic rings. The van der Waals surface area contributed by atoms with Crippen molar-refractivity contribution in [3.8, 4) is 22.3 Å². The lowest BCUT2D eigenvalue weighted by Crippen LogP contribution is -2.11. The van der Waals surface area contributed by atoms with Gasteiger partial charge in [0.1, 0.15) is 0 Å². The van der Waals surface area contributed by atoms with E-state index < -0.39 is 177 Å². The minimum atomic E-state index is -5.56. The summed E-state index contributed by atoms with van der Waals surface area (Å²) in [5.74, 6) is 0. The molecule has 3 aromatic heterocycles. The highest BCUT2D eigenvalue weighted by molar-refractivity contribution is 6.42. The standard InChI is InChI=1S/C48H18Cl8F12N4/c49-17-5-1-6-18(50)33(17)37-25-13-30-42(46(60,61)62)39(35-21(53)9-3-10-22(35)54)27(70-30)15-32-44(48(66,67)68)40(36-23(55)11-4-12-24(36)56)28(72-32)16-31-43(47(63,64)65)38(34-19(51)7-2-8-20(34)52)26(71-31)14-29(69-25)41(37)45(57,58)59/h1-16,69,72H. The van der Waals surface area contributed by atoms with E-state index in [-0.39, 0.29) is 0 Å². The third-order valence-corrected chi connectivity index (χ3v) is 13.8. The number of alkyl halides is 12. The zero-order chi connectivity index (χ0) is 52.3. The Morgan fingerprint density at radius 2 is 0.556 bits per heavy atom. The molecule has 0 saturated heterocycles. The number of H-pyrrole nitrogens is 2. The van der Waals surface area contributed by atoms with Crippen molar-refractivity contribution in [1.82, 2.24) is 19.9 Å². The molecule has 0 saturated carbocycles. The lowest BCUT2D eigenvalue weighted by Gasteiger charge is -2.15. The van der Waals surface area contributed by atoms with Crippen LogP contribution in [0, 0.1) is 0 Å². The molecule has 4 nitrogen and oxygen atoms in total. The molecule has 9 rings (SSSR count). The highest BCUT2D eigenvalue weighted by Crippen LogP contribution is 2.54. The highest BCUT2D eigenvalue weighted by atomic mass is 35.5. The maximum absolute atomic E-state index is 15.9. The molecule has 72 heavy (non-hydrogen) atoms. The number of hydrogen-bond acceptors (Lipinski definition) is 2. The second kappa shape index (κ2) is 18.4. The summed E-state index contributed by atoms with van der Waals surface area (Å²) in [7, 11) is 0. The van der Waals surface area contributed by atoms with Crippen LogP contribution in [-0.2, 0) is 12.4 Å². The SMILES string of the molecule is FC(F)(F)C1=C(c2c(Cl)cccc2Cl)c2cc3[nH]c(cc4nc(cc5[nH]c(cc1n2)c(-c1c(Cl)cccc1Cl)c5C(F)(F)F)C(c1c(Cl)cccc1Cl)=C4C(F)(F)F)c(-c1c(Cl)cccc1Cl)c3C(F)(F)F. The number of aromatic nitrogens is 4. The number of rotatable bonds is 4. The summed E-state index contributed by atoms with van der Waals surface area (Å²) in [6, 6.07) is 15.7. The maximum atomic E-state index is 15.9. The average Bonchev–Trinajstić information content (AvgIpc) is 3.98. The molecule has 370 valence electrons. The molecule has 2 N–H and O–H groups in total. The van der Waals surface area contributed by atoms with Crippen molar-refractivity contribution in [2.24, 2.45) is 0 Å². The topological polar surface area (TPSA) is 57.4 Å². The number of aromatic amines is 2. The number of nitrogens with zero attached hydrogens (tertiary/aromatic N) is 2. The summed E-state index contributed by atoms with van der Waals surface area (Å²) in [4.78, 5) is 13.0. The Balaban J connectivity index is 1.65. The number of benzene rings is 4. The first-order chi connectivity index (χ1) is 33.6. The van der Waals surface area contributed by atoms with Crippen molar-refractivity contribution in [3.05, 3.63) is 182 Å². The summed E-state index contributed by atoms with van der Waals surface area (Å²) in [5, 5.41) is -3.87. The van der Waals surface area contributed by atoms with Crippen LogP contribution in [-0.4, -0.2) is 32.3 Å². The van der Waals surface area contributed by atoms with Gasteiger partial charge in [0.15, 0.2) is 0 Å². The summed E-state index contributed by atoms with van der Waals surface area (Å²) in [6.45, 7) is 0. The smallest absolute Gasteiger partial charge is 0.354 e. The molecule has 0 aliphatic carbocycles. The van der Waals surface area contributed by atoms with Crippen LogP contribution in [0.4, 0.5) is 52.7 Å². The Hall–Kier alpha value is -5.04. The zero-order valence-electron chi connectivity index (χ0n) is 34.7. The van der Waals surface area contributed by atoms with E-state index in [9.17, 15) is 0 Å². The fourth-order valence-electron chi connectivity index (χ4n) is 8.61. The first kappa shape index (κ1) is 51.8. The number of allylic oxidation sites excluding steroid dienone is 2. The van der Waals surface area contributed by atoms with Gasteiger partial charge in [0.05, 0.1) is 56.1 Å². The van der Waals surface area contributed by atoms with Gasteiger partial charge in [0.25, 0.3) is 0 Å². The molecule has 2 aliphatic heterocycles. The molecule has 0 fully saturated rings. The summed E-state index contributed by atoms with van der Waals surface area (Å²) >= 11 is 52.0. The molecule has 7 aromatic rings. The third kappa shape index (κ3) is 9.09. The van der Waals surface area contributed by atoms with E-state index in [1.165, 1.54) is 24.3 Å². The van der Waals surface area contributed by atoms with Gasteiger partial charge in [-0.1, -0.05) is 117 Å². The normalized spacial score (nSPS) is 13.7. The Morgan fingerprint density at radius 1 is 0.306 bits per heavy atom. The predicted octanol–water partition coefficient (Wildman–Crippen LogP) is 20.0. The Labute approximate surface area is 436 Å². The van der Waals surface area contributed by atoms with Crippen LogP contribution < -0.4 is 0 Å². The van der Waals surface area contributed by atoms with Crippen molar-refractivity contribution in [1.29, 1.82) is 0 Å². The summed E-state index contributed by atoms with van der Waals surface area (Å²) < 4.78 is 191. The van der Waals surface area contributed by atoms with Crippen molar-refractivity contribution in [3.63, 3.8) is 0 Å². The minimum Gasteiger partial charge on any atom is -0.354 e. The summed E-state index contributed by atoms with van der Waals surface area (Å²) in [6.07, 6.45) is -22.2. The molecule has 8 bridgehead atoms. The van der Waals surface area contributed by atoms with E-state index in [2.05, 4.69) is 19.9 Å². The van der Waals surface area contributed by atoms with Gasteiger partial charge in [-0.25, -0.2) is 9.97 Å². The lowest BCUT2D eigenvalue weighted by molar-refractivity contribution is -0.136. The molecule has 0 amide bonds. The lowest BCUT2D eigenvalue weighted by atomic mass is 9.95. The fourth-order valence-corrected chi connectivity index (χ4v) is 11.0. The highest BCUT2D eigenvalue weighted by Gasteiger charge is 2.47. The van der Waals surface area contributed by atoms with Crippen LogP contribution in [0.25, 0.3) is 66.6 Å². The largest absolute Gasteiger partial charge is 0.419 e. The van der Waals surface area contributed by atoms with Gasteiger partial charge in [-0.3, -0.25) is 0 Å².